The fourth-order valence-electron chi connectivity index (χ4n) is 3.10. The molecule has 1 atom stereocenters. The van der Waals surface area contributed by atoms with Gasteiger partial charge in [-0.05, 0) is 43.6 Å². The molecular weight excluding hydrogens is 340 g/mol. The van der Waals surface area contributed by atoms with Crippen molar-refractivity contribution in [3.63, 3.8) is 0 Å². The number of aromatic nitrogens is 2. The molecule has 2 heterocycles. The molecule has 2 aliphatic carbocycles. The summed E-state index contributed by atoms with van der Waals surface area (Å²) in [7, 11) is 0. The molecule has 0 aliphatic heterocycles. The SMILES string of the molecule is CC1CCc2c(sc3ncnc(OCC(=O)NC(=O)NC4CC4)c23)C1. The van der Waals surface area contributed by atoms with Gasteiger partial charge in [0.05, 0.1) is 5.39 Å². The van der Waals surface area contributed by atoms with Crippen molar-refractivity contribution in [1.29, 1.82) is 0 Å². The number of hydrogen-bond acceptors (Lipinski definition) is 6. The highest BCUT2D eigenvalue weighted by atomic mass is 32.1. The fraction of sp³-hybridized carbons (Fsp3) is 0.529. The van der Waals surface area contributed by atoms with Crippen molar-refractivity contribution in [3.8, 4) is 5.88 Å². The Morgan fingerprint density at radius 3 is 2.96 bits per heavy atom. The number of urea groups is 1. The van der Waals surface area contributed by atoms with E-state index in [-0.39, 0.29) is 12.6 Å². The lowest BCUT2D eigenvalue weighted by Gasteiger charge is -2.18. The summed E-state index contributed by atoms with van der Waals surface area (Å²) >= 11 is 1.68. The first-order chi connectivity index (χ1) is 12.1. The highest BCUT2D eigenvalue weighted by molar-refractivity contribution is 7.18. The standard InChI is InChI=1S/C17H20N4O3S/c1-9-2-5-11-12(6-9)25-16-14(11)15(18-8-19-16)24-7-13(22)21-17(23)20-10-3-4-10/h8-10H,2-7H2,1H3,(H2,20,21,22,23). The van der Waals surface area contributed by atoms with Crippen LogP contribution in [-0.2, 0) is 17.6 Å². The molecule has 0 saturated heterocycles. The van der Waals surface area contributed by atoms with Crippen LogP contribution < -0.4 is 15.4 Å². The Bertz CT molecular complexity index is 831. The van der Waals surface area contributed by atoms with Crippen LogP contribution in [0.2, 0.25) is 0 Å². The van der Waals surface area contributed by atoms with E-state index in [1.165, 1.54) is 16.8 Å². The van der Waals surface area contributed by atoms with Gasteiger partial charge in [0.25, 0.3) is 5.91 Å². The van der Waals surface area contributed by atoms with E-state index in [2.05, 4.69) is 27.5 Å². The summed E-state index contributed by atoms with van der Waals surface area (Å²) in [5.74, 6) is 0.617. The molecule has 2 aromatic heterocycles. The predicted octanol–water partition coefficient (Wildman–Crippen LogP) is 2.18. The van der Waals surface area contributed by atoms with E-state index >= 15 is 0 Å². The number of thiophene rings is 1. The highest BCUT2D eigenvalue weighted by Crippen LogP contribution is 2.40. The molecule has 0 spiro atoms. The lowest BCUT2D eigenvalue weighted by Crippen LogP contribution is -2.42. The van der Waals surface area contributed by atoms with E-state index in [4.69, 9.17) is 4.74 Å². The van der Waals surface area contributed by atoms with Crippen LogP contribution in [0.15, 0.2) is 6.33 Å². The van der Waals surface area contributed by atoms with Crippen molar-refractivity contribution in [3.05, 3.63) is 16.8 Å². The molecule has 8 heteroatoms. The van der Waals surface area contributed by atoms with Crippen molar-refractivity contribution in [2.45, 2.75) is 45.1 Å². The summed E-state index contributed by atoms with van der Waals surface area (Å²) in [6.45, 7) is 2.01. The molecular formula is C17H20N4O3S. The van der Waals surface area contributed by atoms with Gasteiger partial charge < -0.3 is 10.1 Å². The topological polar surface area (TPSA) is 93.2 Å². The molecule has 25 heavy (non-hydrogen) atoms. The number of nitrogens with zero attached hydrogens (tertiary/aromatic N) is 2. The van der Waals surface area contributed by atoms with E-state index in [9.17, 15) is 9.59 Å². The number of carbonyl (C=O) groups excluding carboxylic acids is 2. The van der Waals surface area contributed by atoms with Gasteiger partial charge in [-0.2, -0.15) is 0 Å². The fourth-order valence-corrected chi connectivity index (χ4v) is 4.44. The Morgan fingerprint density at radius 1 is 1.32 bits per heavy atom. The second kappa shape index (κ2) is 6.59. The zero-order chi connectivity index (χ0) is 17.4. The van der Waals surface area contributed by atoms with Crippen molar-refractivity contribution < 1.29 is 14.3 Å². The van der Waals surface area contributed by atoms with Crippen molar-refractivity contribution in [1.82, 2.24) is 20.6 Å². The van der Waals surface area contributed by atoms with E-state index in [0.717, 1.165) is 42.3 Å². The van der Waals surface area contributed by atoms with Crippen LogP contribution >= 0.6 is 11.3 Å². The van der Waals surface area contributed by atoms with Crippen LogP contribution in [0.5, 0.6) is 5.88 Å². The first-order valence-electron chi connectivity index (χ1n) is 8.58. The summed E-state index contributed by atoms with van der Waals surface area (Å²) in [6.07, 6.45) is 6.57. The zero-order valence-electron chi connectivity index (χ0n) is 14.0. The van der Waals surface area contributed by atoms with Gasteiger partial charge in [0.15, 0.2) is 6.61 Å². The third kappa shape index (κ3) is 3.58. The van der Waals surface area contributed by atoms with Crippen LogP contribution in [0.1, 0.15) is 36.6 Å². The molecule has 2 N–H and O–H groups in total. The maximum Gasteiger partial charge on any atom is 0.321 e. The van der Waals surface area contributed by atoms with Crippen LogP contribution in [0.4, 0.5) is 4.79 Å². The molecule has 2 aliphatic rings. The van der Waals surface area contributed by atoms with Crippen LogP contribution in [-0.4, -0.2) is 34.6 Å². The second-order valence-corrected chi connectivity index (χ2v) is 7.88. The number of ether oxygens (including phenoxy) is 1. The number of carbonyl (C=O) groups is 2. The molecule has 2 aromatic rings. The number of rotatable bonds is 4. The van der Waals surface area contributed by atoms with Gasteiger partial charge in [-0.25, -0.2) is 14.8 Å². The number of nitrogens with one attached hydrogen (secondary N) is 2. The van der Waals surface area contributed by atoms with Gasteiger partial charge in [0, 0.05) is 10.9 Å². The average molecular weight is 360 g/mol. The lowest BCUT2D eigenvalue weighted by atomic mass is 9.89. The van der Waals surface area contributed by atoms with Gasteiger partial charge in [-0.3, -0.25) is 10.1 Å². The van der Waals surface area contributed by atoms with Gasteiger partial charge in [0.1, 0.15) is 11.2 Å². The number of imide groups is 1. The number of fused-ring (bicyclic) bond motifs is 3. The Morgan fingerprint density at radius 2 is 2.16 bits per heavy atom. The van der Waals surface area contributed by atoms with Gasteiger partial charge >= 0.3 is 6.03 Å². The largest absolute Gasteiger partial charge is 0.467 e. The molecule has 1 saturated carbocycles. The van der Waals surface area contributed by atoms with Crippen molar-refractivity contribution in [2.75, 3.05) is 6.61 Å². The molecule has 0 aromatic carbocycles. The first-order valence-corrected chi connectivity index (χ1v) is 9.40. The third-order valence-corrected chi connectivity index (χ3v) is 5.72. The summed E-state index contributed by atoms with van der Waals surface area (Å²) in [5.41, 5.74) is 1.25. The van der Waals surface area contributed by atoms with Gasteiger partial charge in [0.2, 0.25) is 5.88 Å². The molecule has 1 fully saturated rings. The van der Waals surface area contributed by atoms with Crippen LogP contribution in [0.25, 0.3) is 10.2 Å². The summed E-state index contributed by atoms with van der Waals surface area (Å²) in [5, 5.41) is 5.90. The summed E-state index contributed by atoms with van der Waals surface area (Å²) in [6, 6.07) is -0.263. The lowest BCUT2D eigenvalue weighted by molar-refractivity contribution is -0.122. The number of hydrogen-bond donors (Lipinski definition) is 2. The summed E-state index contributed by atoms with van der Waals surface area (Å²) in [4.78, 5) is 34.3. The number of aryl methyl sites for hydroxylation is 1. The minimum atomic E-state index is -0.484. The van der Waals surface area contributed by atoms with E-state index in [1.54, 1.807) is 11.3 Å². The first kappa shape index (κ1) is 16.3. The van der Waals surface area contributed by atoms with Gasteiger partial charge in [-0.1, -0.05) is 6.92 Å². The molecule has 0 radical (unpaired) electrons. The molecule has 3 amide bonds. The second-order valence-electron chi connectivity index (χ2n) is 6.80. The minimum Gasteiger partial charge on any atom is -0.467 e. The van der Waals surface area contributed by atoms with Crippen LogP contribution in [0, 0.1) is 5.92 Å². The zero-order valence-corrected chi connectivity index (χ0v) is 14.8. The van der Waals surface area contributed by atoms with Crippen molar-refractivity contribution >= 4 is 33.5 Å². The van der Waals surface area contributed by atoms with E-state index < -0.39 is 11.9 Å². The van der Waals surface area contributed by atoms with Crippen LogP contribution in [0.3, 0.4) is 0 Å². The highest BCUT2D eigenvalue weighted by Gasteiger charge is 2.25. The number of amides is 3. The van der Waals surface area contributed by atoms with E-state index in [0.29, 0.717) is 11.8 Å². The Kier molecular flexibility index (Phi) is 4.29. The molecule has 1 unspecified atom stereocenters. The van der Waals surface area contributed by atoms with Crippen molar-refractivity contribution in [2.24, 2.45) is 5.92 Å². The summed E-state index contributed by atoms with van der Waals surface area (Å²) < 4.78 is 5.62. The monoisotopic (exact) mass is 360 g/mol. The maximum absolute atomic E-state index is 11.9. The molecule has 0 bridgehead atoms. The Balaban J connectivity index is 1.46. The minimum absolute atomic E-state index is 0.204. The Labute approximate surface area is 149 Å². The quantitative estimate of drug-likeness (QED) is 0.872. The Hall–Kier alpha value is -2.22. The van der Waals surface area contributed by atoms with Gasteiger partial charge in [-0.15, -0.1) is 11.3 Å². The van der Waals surface area contributed by atoms with E-state index in [1.807, 2.05) is 0 Å². The maximum atomic E-state index is 11.9. The normalized spacial score (nSPS) is 19.3. The molecule has 4 rings (SSSR count). The smallest absolute Gasteiger partial charge is 0.321 e. The molecule has 132 valence electrons. The third-order valence-electron chi connectivity index (χ3n) is 4.56. The molecule has 7 nitrogen and oxygen atoms in total. The predicted molar refractivity (Wildman–Crippen MR) is 93.8 cm³/mol. The average Bonchev–Trinajstić information content (AvgIpc) is 3.30.